The minimum atomic E-state index is -0.445. The number of hydrogen-bond donors (Lipinski definition) is 2. The molecular weight excluding hydrogens is 206 g/mol. The first-order valence-corrected chi connectivity index (χ1v) is 6.29. The summed E-state index contributed by atoms with van der Waals surface area (Å²) in [5, 5.41) is 19.2. The van der Waals surface area contributed by atoms with Crippen LogP contribution in [0.1, 0.15) is 26.7 Å². The molecule has 0 saturated carbocycles. The molecule has 0 amide bonds. The highest BCUT2D eigenvalue weighted by atomic mass is 16.5. The van der Waals surface area contributed by atoms with E-state index in [0.29, 0.717) is 25.7 Å². The van der Waals surface area contributed by atoms with E-state index < -0.39 is 6.10 Å². The summed E-state index contributed by atoms with van der Waals surface area (Å²) in [5.74, 6) is 0.512. The van der Waals surface area contributed by atoms with E-state index in [2.05, 4.69) is 11.8 Å². The average Bonchev–Trinajstić information content (AvgIpc) is 2.27. The van der Waals surface area contributed by atoms with Crippen molar-refractivity contribution in [2.24, 2.45) is 5.92 Å². The first-order chi connectivity index (χ1) is 7.69. The Balaban J connectivity index is 2.38. The van der Waals surface area contributed by atoms with E-state index in [9.17, 15) is 10.2 Å². The monoisotopic (exact) mass is 231 g/mol. The Morgan fingerprint density at radius 2 is 2.25 bits per heavy atom. The van der Waals surface area contributed by atoms with Crippen molar-refractivity contribution in [1.82, 2.24) is 4.90 Å². The number of likely N-dealkylation sites (tertiary alicyclic amines) is 1. The summed E-state index contributed by atoms with van der Waals surface area (Å²) in [6.07, 6.45) is 1.88. The lowest BCUT2D eigenvalue weighted by atomic mass is 9.91. The normalized spacial score (nSPS) is 29.2. The summed E-state index contributed by atoms with van der Waals surface area (Å²) in [4.78, 5) is 2.19. The Labute approximate surface area is 98.2 Å². The quantitative estimate of drug-likeness (QED) is 0.698. The van der Waals surface area contributed by atoms with Gasteiger partial charge >= 0.3 is 0 Å². The predicted molar refractivity (Wildman–Crippen MR) is 63.3 cm³/mol. The van der Waals surface area contributed by atoms with Gasteiger partial charge in [-0.25, -0.2) is 0 Å². The number of rotatable bonds is 6. The predicted octanol–water partition coefficient (Wildman–Crippen LogP) is 0.477. The number of piperidine rings is 1. The molecule has 0 unspecified atom stereocenters. The van der Waals surface area contributed by atoms with Gasteiger partial charge in [0, 0.05) is 19.2 Å². The second kappa shape index (κ2) is 7.22. The van der Waals surface area contributed by atoms with Crippen LogP contribution in [0.2, 0.25) is 0 Å². The van der Waals surface area contributed by atoms with Crippen molar-refractivity contribution in [3.63, 3.8) is 0 Å². The van der Waals surface area contributed by atoms with Gasteiger partial charge in [-0.2, -0.15) is 0 Å². The molecule has 16 heavy (non-hydrogen) atoms. The second-order valence-electron chi connectivity index (χ2n) is 4.68. The van der Waals surface area contributed by atoms with Gasteiger partial charge in [0.15, 0.2) is 0 Å². The fourth-order valence-electron chi connectivity index (χ4n) is 2.43. The third kappa shape index (κ3) is 4.01. The van der Waals surface area contributed by atoms with Crippen LogP contribution < -0.4 is 0 Å². The third-order valence-electron chi connectivity index (χ3n) is 3.38. The second-order valence-corrected chi connectivity index (χ2v) is 4.68. The molecule has 0 radical (unpaired) electrons. The smallest absolute Gasteiger partial charge is 0.0900 e. The summed E-state index contributed by atoms with van der Waals surface area (Å²) in [6.45, 7) is 6.88. The summed E-state index contributed by atoms with van der Waals surface area (Å²) in [5.41, 5.74) is 0. The molecule has 1 rings (SSSR count). The number of β-amino-alcohol motifs (C(OH)–C–C–N with tert-alkyl or cyclic N) is 1. The first-order valence-electron chi connectivity index (χ1n) is 6.29. The minimum absolute atomic E-state index is 0.183. The van der Waals surface area contributed by atoms with E-state index in [1.54, 1.807) is 0 Å². The number of aliphatic hydroxyl groups is 2. The molecule has 1 saturated heterocycles. The molecule has 1 heterocycles. The van der Waals surface area contributed by atoms with Crippen molar-refractivity contribution in [3.05, 3.63) is 0 Å². The maximum absolute atomic E-state index is 9.78. The fourth-order valence-corrected chi connectivity index (χ4v) is 2.43. The lowest BCUT2D eigenvalue weighted by molar-refractivity contribution is -0.0155. The lowest BCUT2D eigenvalue weighted by Crippen LogP contribution is -2.50. The van der Waals surface area contributed by atoms with E-state index in [1.807, 2.05) is 6.92 Å². The van der Waals surface area contributed by atoms with Gasteiger partial charge in [0.1, 0.15) is 0 Å². The van der Waals surface area contributed by atoms with Crippen LogP contribution in [0.15, 0.2) is 0 Å². The minimum Gasteiger partial charge on any atom is -0.395 e. The fraction of sp³-hybridized carbons (Fsp3) is 1.00. The van der Waals surface area contributed by atoms with Gasteiger partial charge in [-0.1, -0.05) is 6.92 Å². The number of nitrogens with zero attached hydrogens (tertiary/aromatic N) is 1. The zero-order valence-corrected chi connectivity index (χ0v) is 10.4. The Morgan fingerprint density at radius 3 is 2.88 bits per heavy atom. The van der Waals surface area contributed by atoms with Crippen LogP contribution in [0.3, 0.4) is 0 Å². The van der Waals surface area contributed by atoms with Gasteiger partial charge in [0.05, 0.1) is 19.3 Å². The molecular formula is C12H25NO3. The largest absolute Gasteiger partial charge is 0.395 e. The summed E-state index contributed by atoms with van der Waals surface area (Å²) in [6, 6.07) is 0.199. The van der Waals surface area contributed by atoms with Crippen molar-refractivity contribution >= 4 is 0 Å². The molecule has 96 valence electrons. The Morgan fingerprint density at radius 1 is 1.50 bits per heavy atom. The van der Waals surface area contributed by atoms with Crippen LogP contribution in [0.4, 0.5) is 0 Å². The average molecular weight is 231 g/mol. The molecule has 1 aliphatic heterocycles. The van der Waals surface area contributed by atoms with Crippen LogP contribution in [-0.4, -0.2) is 60.2 Å². The van der Waals surface area contributed by atoms with Gasteiger partial charge in [-0.05, 0) is 32.2 Å². The highest BCUT2D eigenvalue weighted by molar-refractivity contribution is 4.82. The molecule has 3 atom stereocenters. The molecule has 2 N–H and O–H groups in total. The third-order valence-corrected chi connectivity index (χ3v) is 3.38. The Kier molecular flexibility index (Phi) is 6.28. The van der Waals surface area contributed by atoms with Crippen LogP contribution in [0, 0.1) is 5.92 Å². The van der Waals surface area contributed by atoms with Crippen LogP contribution in [-0.2, 0) is 4.74 Å². The van der Waals surface area contributed by atoms with Gasteiger partial charge in [0.2, 0.25) is 0 Å². The maximum atomic E-state index is 9.78. The summed E-state index contributed by atoms with van der Waals surface area (Å²) in [7, 11) is 0. The summed E-state index contributed by atoms with van der Waals surface area (Å²) < 4.78 is 5.19. The molecule has 1 fully saturated rings. The van der Waals surface area contributed by atoms with Crippen molar-refractivity contribution in [2.75, 3.05) is 32.9 Å². The van der Waals surface area contributed by atoms with E-state index in [1.165, 1.54) is 6.42 Å². The molecule has 0 aromatic heterocycles. The molecule has 0 aromatic carbocycles. The lowest BCUT2D eigenvalue weighted by Gasteiger charge is -2.39. The van der Waals surface area contributed by atoms with Crippen molar-refractivity contribution < 1.29 is 14.9 Å². The number of aliphatic hydroxyl groups excluding tert-OH is 2. The Bertz CT molecular complexity index is 189. The van der Waals surface area contributed by atoms with Crippen LogP contribution >= 0.6 is 0 Å². The zero-order valence-electron chi connectivity index (χ0n) is 10.4. The molecule has 4 heteroatoms. The molecule has 0 bridgehead atoms. The van der Waals surface area contributed by atoms with Gasteiger partial charge < -0.3 is 14.9 Å². The van der Waals surface area contributed by atoms with Crippen molar-refractivity contribution in [1.29, 1.82) is 0 Å². The first kappa shape index (κ1) is 13.9. The van der Waals surface area contributed by atoms with Crippen molar-refractivity contribution in [2.45, 2.75) is 38.8 Å². The standard InChI is InChI=1S/C12H25NO3/c1-3-16-9-11(15)7-13-6-4-5-10(2)12(13)8-14/h10-12,14-15H,3-9H2,1-2H3/t10-,11+,12-/m0/s1. The van der Waals surface area contributed by atoms with Gasteiger partial charge in [-0.15, -0.1) is 0 Å². The van der Waals surface area contributed by atoms with E-state index >= 15 is 0 Å². The van der Waals surface area contributed by atoms with Gasteiger partial charge in [-0.3, -0.25) is 4.90 Å². The molecule has 4 nitrogen and oxygen atoms in total. The molecule has 0 spiro atoms. The molecule has 0 aromatic rings. The molecule has 1 aliphatic rings. The highest BCUT2D eigenvalue weighted by Crippen LogP contribution is 2.22. The van der Waals surface area contributed by atoms with Gasteiger partial charge in [0.25, 0.3) is 0 Å². The summed E-state index contributed by atoms with van der Waals surface area (Å²) >= 11 is 0. The van der Waals surface area contributed by atoms with Crippen LogP contribution in [0.25, 0.3) is 0 Å². The molecule has 0 aliphatic carbocycles. The zero-order chi connectivity index (χ0) is 12.0. The number of hydrogen-bond acceptors (Lipinski definition) is 4. The van der Waals surface area contributed by atoms with E-state index in [0.717, 1.165) is 13.0 Å². The highest BCUT2D eigenvalue weighted by Gasteiger charge is 2.28. The maximum Gasteiger partial charge on any atom is 0.0900 e. The van der Waals surface area contributed by atoms with Crippen LogP contribution in [0.5, 0.6) is 0 Å². The SMILES string of the molecule is CCOC[C@H](O)CN1CCC[C@H](C)[C@@H]1CO. The van der Waals surface area contributed by atoms with E-state index in [4.69, 9.17) is 4.74 Å². The Hall–Kier alpha value is -0.160. The number of ether oxygens (including phenoxy) is 1. The topological polar surface area (TPSA) is 52.9 Å². The van der Waals surface area contributed by atoms with Crippen molar-refractivity contribution in [3.8, 4) is 0 Å². The van der Waals surface area contributed by atoms with E-state index in [-0.39, 0.29) is 12.6 Å².